The van der Waals surface area contributed by atoms with Crippen molar-refractivity contribution in [1.29, 1.82) is 0 Å². The molecule has 0 saturated carbocycles. The molecule has 1 atom stereocenters. The second-order valence-corrected chi connectivity index (χ2v) is 5.69. The Morgan fingerprint density at radius 2 is 1.58 bits per heavy atom. The quantitative estimate of drug-likeness (QED) is 0.574. The Labute approximate surface area is 82.7 Å². The zero-order valence-electron chi connectivity index (χ0n) is 9.15. The van der Waals surface area contributed by atoms with Gasteiger partial charge < -0.3 is 0 Å². The molecule has 0 fully saturated rings. The number of hydrogen-bond acceptors (Lipinski definition) is 0. The number of hydrogen-bond donors (Lipinski definition) is 0. The molecule has 0 radical (unpaired) electrons. The Bertz CT molecular complexity index is 111. The first-order chi connectivity index (χ1) is 5.34. The first kappa shape index (κ1) is 12.3. The Hall–Kier alpha value is 0.290. The van der Waals surface area contributed by atoms with Crippen molar-refractivity contribution in [3.05, 3.63) is 0 Å². The molecule has 0 amide bonds. The van der Waals surface area contributed by atoms with Crippen LogP contribution in [0.25, 0.3) is 0 Å². The van der Waals surface area contributed by atoms with Crippen molar-refractivity contribution in [3.63, 3.8) is 0 Å². The van der Waals surface area contributed by atoms with Crippen LogP contribution in [0, 0.1) is 11.3 Å². The molecule has 0 N–H and O–H groups in total. The molecule has 0 aromatic heterocycles. The molecule has 0 aromatic rings. The number of alkyl halides is 1. The molecule has 0 aromatic carbocycles. The summed E-state index contributed by atoms with van der Waals surface area (Å²) in [4.78, 5) is 0. The van der Waals surface area contributed by atoms with E-state index in [0.29, 0.717) is 5.38 Å². The van der Waals surface area contributed by atoms with Gasteiger partial charge in [0.2, 0.25) is 0 Å². The zero-order valence-corrected chi connectivity index (χ0v) is 9.91. The monoisotopic (exact) mass is 190 g/mol. The summed E-state index contributed by atoms with van der Waals surface area (Å²) in [5.41, 5.74) is 0.262. The van der Waals surface area contributed by atoms with E-state index in [1.54, 1.807) is 0 Å². The summed E-state index contributed by atoms with van der Waals surface area (Å²) >= 11 is 6.24. The summed E-state index contributed by atoms with van der Waals surface area (Å²) in [7, 11) is 0. The molecule has 0 spiro atoms. The molecule has 0 aliphatic carbocycles. The van der Waals surface area contributed by atoms with Crippen molar-refractivity contribution in [3.8, 4) is 0 Å². The van der Waals surface area contributed by atoms with Crippen molar-refractivity contribution >= 4 is 11.6 Å². The third-order valence-corrected chi connectivity index (χ3v) is 3.05. The Balaban J connectivity index is 3.51. The van der Waals surface area contributed by atoms with E-state index in [-0.39, 0.29) is 5.41 Å². The SMILES string of the molecule is CC(C)CCCC(Cl)C(C)(C)C. The summed E-state index contributed by atoms with van der Waals surface area (Å²) in [6, 6.07) is 0. The highest BCUT2D eigenvalue weighted by Gasteiger charge is 2.21. The average molecular weight is 191 g/mol. The van der Waals surface area contributed by atoms with Gasteiger partial charge in [-0.2, -0.15) is 0 Å². The molecule has 0 aliphatic rings. The molecular formula is C11H23Cl. The first-order valence-electron chi connectivity index (χ1n) is 4.98. The summed E-state index contributed by atoms with van der Waals surface area (Å²) < 4.78 is 0. The van der Waals surface area contributed by atoms with Crippen LogP contribution in [0.3, 0.4) is 0 Å². The molecule has 0 saturated heterocycles. The van der Waals surface area contributed by atoms with E-state index >= 15 is 0 Å². The molecule has 0 heterocycles. The maximum atomic E-state index is 6.24. The van der Waals surface area contributed by atoms with Crippen LogP contribution in [0.5, 0.6) is 0 Å². The largest absolute Gasteiger partial charge is 0.122 e. The van der Waals surface area contributed by atoms with Crippen LogP contribution >= 0.6 is 11.6 Å². The molecule has 0 aliphatic heterocycles. The van der Waals surface area contributed by atoms with Crippen molar-refractivity contribution in [1.82, 2.24) is 0 Å². The highest BCUT2D eigenvalue weighted by Crippen LogP contribution is 2.28. The highest BCUT2D eigenvalue weighted by atomic mass is 35.5. The van der Waals surface area contributed by atoms with E-state index in [4.69, 9.17) is 11.6 Å². The van der Waals surface area contributed by atoms with Crippen LogP contribution in [-0.4, -0.2) is 5.38 Å². The molecule has 0 nitrogen and oxygen atoms in total. The number of rotatable bonds is 4. The minimum absolute atomic E-state index is 0.262. The van der Waals surface area contributed by atoms with Gasteiger partial charge in [0.25, 0.3) is 0 Å². The zero-order chi connectivity index (χ0) is 9.78. The average Bonchev–Trinajstić information content (AvgIpc) is 1.84. The van der Waals surface area contributed by atoms with Crippen LogP contribution in [-0.2, 0) is 0 Å². The lowest BCUT2D eigenvalue weighted by Gasteiger charge is -2.25. The second kappa shape index (κ2) is 5.11. The van der Waals surface area contributed by atoms with Crippen LogP contribution in [0.1, 0.15) is 53.9 Å². The smallest absolute Gasteiger partial charge is 0.0384 e. The third kappa shape index (κ3) is 5.88. The minimum Gasteiger partial charge on any atom is -0.122 e. The van der Waals surface area contributed by atoms with Gasteiger partial charge in [0.15, 0.2) is 0 Å². The predicted octanol–water partition coefficient (Wildman–Crippen LogP) is 4.47. The van der Waals surface area contributed by atoms with E-state index in [2.05, 4.69) is 34.6 Å². The lowest BCUT2D eigenvalue weighted by Crippen LogP contribution is -2.20. The molecule has 1 heteroatoms. The summed E-state index contributed by atoms with van der Waals surface area (Å²) in [5, 5.41) is 0.330. The lowest BCUT2D eigenvalue weighted by molar-refractivity contribution is 0.360. The fourth-order valence-corrected chi connectivity index (χ4v) is 1.29. The Morgan fingerprint density at radius 1 is 1.08 bits per heavy atom. The fourth-order valence-electron chi connectivity index (χ4n) is 1.14. The van der Waals surface area contributed by atoms with Crippen LogP contribution < -0.4 is 0 Å². The van der Waals surface area contributed by atoms with E-state index in [1.165, 1.54) is 12.8 Å². The Kier molecular flexibility index (Phi) is 5.24. The maximum Gasteiger partial charge on any atom is 0.0384 e. The van der Waals surface area contributed by atoms with E-state index < -0.39 is 0 Å². The van der Waals surface area contributed by atoms with Gasteiger partial charge in [-0.1, -0.05) is 47.5 Å². The highest BCUT2D eigenvalue weighted by molar-refractivity contribution is 6.21. The lowest BCUT2D eigenvalue weighted by atomic mass is 9.88. The van der Waals surface area contributed by atoms with Gasteiger partial charge >= 0.3 is 0 Å². The van der Waals surface area contributed by atoms with Crippen molar-refractivity contribution in [2.45, 2.75) is 59.3 Å². The number of halogens is 1. The van der Waals surface area contributed by atoms with Gasteiger partial charge in [-0.05, 0) is 17.8 Å². The second-order valence-electron chi connectivity index (χ2n) is 5.16. The van der Waals surface area contributed by atoms with Crippen LogP contribution in [0.4, 0.5) is 0 Å². The molecule has 12 heavy (non-hydrogen) atoms. The molecule has 0 bridgehead atoms. The first-order valence-corrected chi connectivity index (χ1v) is 5.41. The molecule has 0 rings (SSSR count). The minimum atomic E-state index is 0.262. The standard InChI is InChI=1S/C11H23Cl/c1-9(2)7-6-8-10(12)11(3,4)5/h9-10H,6-8H2,1-5H3. The van der Waals surface area contributed by atoms with Gasteiger partial charge in [-0.3, -0.25) is 0 Å². The van der Waals surface area contributed by atoms with Gasteiger partial charge in [0, 0.05) is 5.38 Å². The van der Waals surface area contributed by atoms with Gasteiger partial charge in [0.1, 0.15) is 0 Å². The van der Waals surface area contributed by atoms with E-state index in [9.17, 15) is 0 Å². The van der Waals surface area contributed by atoms with E-state index in [1.807, 2.05) is 0 Å². The normalized spacial score (nSPS) is 15.2. The summed E-state index contributed by atoms with van der Waals surface area (Å²) in [6.45, 7) is 11.2. The molecular weight excluding hydrogens is 168 g/mol. The van der Waals surface area contributed by atoms with Crippen molar-refractivity contribution in [2.24, 2.45) is 11.3 Å². The predicted molar refractivity (Wildman–Crippen MR) is 57.8 cm³/mol. The molecule has 1 unspecified atom stereocenters. The van der Waals surface area contributed by atoms with Crippen LogP contribution in [0.2, 0.25) is 0 Å². The van der Waals surface area contributed by atoms with Gasteiger partial charge in [-0.15, -0.1) is 11.6 Å². The van der Waals surface area contributed by atoms with Gasteiger partial charge in [-0.25, -0.2) is 0 Å². The third-order valence-electron chi connectivity index (χ3n) is 2.18. The summed E-state index contributed by atoms with van der Waals surface area (Å²) in [6.07, 6.45) is 3.73. The van der Waals surface area contributed by atoms with Crippen LogP contribution in [0.15, 0.2) is 0 Å². The topological polar surface area (TPSA) is 0 Å². The van der Waals surface area contributed by atoms with Crippen molar-refractivity contribution in [2.75, 3.05) is 0 Å². The molecule has 74 valence electrons. The van der Waals surface area contributed by atoms with Gasteiger partial charge in [0.05, 0.1) is 0 Å². The fraction of sp³-hybridized carbons (Fsp3) is 1.00. The van der Waals surface area contributed by atoms with E-state index in [0.717, 1.165) is 12.3 Å². The Morgan fingerprint density at radius 3 is 1.92 bits per heavy atom. The summed E-state index contributed by atoms with van der Waals surface area (Å²) in [5.74, 6) is 0.814. The maximum absolute atomic E-state index is 6.24. The van der Waals surface area contributed by atoms with Crippen molar-refractivity contribution < 1.29 is 0 Å².